The van der Waals surface area contributed by atoms with Gasteiger partial charge < -0.3 is 0 Å². The molecule has 79 valence electrons. The lowest BCUT2D eigenvalue weighted by Crippen LogP contribution is -1.83. The number of fused-ring (bicyclic) bond motifs is 1. The van der Waals surface area contributed by atoms with Crippen LogP contribution in [0, 0.1) is 6.20 Å². The predicted molar refractivity (Wildman–Crippen MR) is 59.9 cm³/mol. The molecule has 0 aliphatic heterocycles. The molecule has 0 spiro atoms. The summed E-state index contributed by atoms with van der Waals surface area (Å²) in [6.45, 7) is 3.59. The lowest BCUT2D eigenvalue weighted by atomic mass is 10.0. The maximum atomic E-state index is 12.1. The van der Waals surface area contributed by atoms with Gasteiger partial charge in [0.2, 0.25) is 0 Å². The molecule has 0 aliphatic carbocycles. The molecule has 0 atom stereocenters. The highest BCUT2D eigenvalue weighted by Gasteiger charge is 2.00. The summed E-state index contributed by atoms with van der Waals surface area (Å²) in [5.74, 6) is 0. The van der Waals surface area contributed by atoms with Crippen LogP contribution in [0.1, 0.15) is 5.56 Å². The van der Waals surface area contributed by atoms with Gasteiger partial charge in [-0.25, -0.2) is 4.98 Å². The first-order chi connectivity index (χ1) is 7.66. The van der Waals surface area contributed by atoms with Gasteiger partial charge in [0, 0.05) is 11.5 Å². The summed E-state index contributed by atoms with van der Waals surface area (Å²) >= 11 is 0. The van der Waals surface area contributed by atoms with E-state index >= 15 is 0 Å². The van der Waals surface area contributed by atoms with Crippen LogP contribution in [0.15, 0.2) is 49.1 Å². The molecule has 1 radical (unpaired) electrons. The van der Waals surface area contributed by atoms with Crippen LogP contribution < -0.4 is 0 Å². The van der Waals surface area contributed by atoms with Crippen LogP contribution in [0.5, 0.6) is 0 Å². The molecule has 1 nitrogen and oxygen atoms in total. The lowest BCUT2D eigenvalue weighted by molar-refractivity contribution is 0.422. The van der Waals surface area contributed by atoms with E-state index < -0.39 is 6.08 Å². The zero-order chi connectivity index (χ0) is 11.5. The number of hydrogen-bond acceptors (Lipinski definition) is 1. The second-order valence-electron chi connectivity index (χ2n) is 3.31. The Balaban J connectivity index is 2.47. The summed E-state index contributed by atoms with van der Waals surface area (Å²) in [6.07, 6.45) is 1.72. The van der Waals surface area contributed by atoms with E-state index in [1.807, 2.05) is 6.07 Å². The highest BCUT2D eigenvalue weighted by atomic mass is 19.3. The summed E-state index contributed by atoms with van der Waals surface area (Å²) < 4.78 is 24.1. The molecule has 0 aliphatic rings. The van der Waals surface area contributed by atoms with Crippen molar-refractivity contribution in [1.29, 1.82) is 0 Å². The number of halogens is 2. The Hall–Kier alpha value is -2.03. The minimum absolute atomic E-state index is 0.287. The second-order valence-corrected chi connectivity index (χ2v) is 3.31. The third-order valence-corrected chi connectivity index (χ3v) is 2.20. The molecule has 16 heavy (non-hydrogen) atoms. The van der Waals surface area contributed by atoms with Gasteiger partial charge in [0.05, 0.1) is 11.7 Å². The Morgan fingerprint density at radius 3 is 2.88 bits per heavy atom. The van der Waals surface area contributed by atoms with Gasteiger partial charge in [-0.2, -0.15) is 8.78 Å². The van der Waals surface area contributed by atoms with Crippen LogP contribution in [-0.2, 0) is 0 Å². The third-order valence-electron chi connectivity index (χ3n) is 2.20. The van der Waals surface area contributed by atoms with Crippen LogP contribution in [0.4, 0.5) is 8.78 Å². The number of pyridine rings is 1. The van der Waals surface area contributed by atoms with E-state index in [1.165, 1.54) is 0 Å². The molecule has 0 unspecified atom stereocenters. The fourth-order valence-corrected chi connectivity index (χ4v) is 1.44. The van der Waals surface area contributed by atoms with Gasteiger partial charge in [0.15, 0.2) is 0 Å². The van der Waals surface area contributed by atoms with E-state index in [0.29, 0.717) is 5.56 Å². The van der Waals surface area contributed by atoms with E-state index in [0.717, 1.165) is 17.0 Å². The Morgan fingerprint density at radius 1 is 1.31 bits per heavy atom. The maximum Gasteiger partial charge on any atom is 0.270 e. The molecule has 0 N–H and O–H groups in total. The molecule has 2 aromatic rings. The third kappa shape index (κ3) is 2.14. The van der Waals surface area contributed by atoms with Crippen molar-refractivity contribution in [3.05, 3.63) is 60.8 Å². The van der Waals surface area contributed by atoms with Crippen molar-refractivity contribution < 1.29 is 8.78 Å². The van der Waals surface area contributed by atoms with E-state index in [9.17, 15) is 8.78 Å². The van der Waals surface area contributed by atoms with Crippen molar-refractivity contribution in [3.8, 4) is 0 Å². The fraction of sp³-hybridized carbons (Fsp3) is 0. The van der Waals surface area contributed by atoms with E-state index in [-0.39, 0.29) is 5.57 Å². The van der Waals surface area contributed by atoms with Gasteiger partial charge in [0.25, 0.3) is 6.08 Å². The van der Waals surface area contributed by atoms with Crippen LogP contribution in [-0.4, -0.2) is 4.98 Å². The predicted octanol–water partition coefficient (Wildman–Crippen LogP) is 3.83. The summed E-state index contributed by atoms with van der Waals surface area (Å²) in [5, 5.41) is 0.880. The van der Waals surface area contributed by atoms with Crippen molar-refractivity contribution >= 4 is 16.5 Å². The number of allylic oxidation sites excluding steroid dienone is 2. The van der Waals surface area contributed by atoms with E-state index in [4.69, 9.17) is 0 Å². The second kappa shape index (κ2) is 4.23. The molecule has 2 rings (SSSR count). The first-order valence-electron chi connectivity index (χ1n) is 4.65. The van der Waals surface area contributed by atoms with Crippen molar-refractivity contribution in [1.82, 2.24) is 4.98 Å². The quantitative estimate of drug-likeness (QED) is 0.695. The highest BCUT2D eigenvalue weighted by Crippen LogP contribution is 2.20. The zero-order valence-corrected chi connectivity index (χ0v) is 8.37. The molecule has 0 bridgehead atoms. The molecule has 3 heteroatoms. The van der Waals surface area contributed by atoms with Crippen molar-refractivity contribution in [3.63, 3.8) is 0 Å². The van der Waals surface area contributed by atoms with Gasteiger partial charge in [-0.05, 0) is 29.3 Å². The first-order valence-corrected chi connectivity index (χ1v) is 4.65. The largest absolute Gasteiger partial charge is 0.270 e. The summed E-state index contributed by atoms with van der Waals surface area (Å²) in [4.78, 5) is 4.02. The average Bonchev–Trinajstić information content (AvgIpc) is 2.27. The Bertz CT molecular complexity index is 569. The zero-order valence-electron chi connectivity index (χ0n) is 8.37. The molecular formula is C13H8F2N. The number of hydrogen-bond donors (Lipinski definition) is 0. The molecule has 1 aromatic heterocycles. The monoisotopic (exact) mass is 216 g/mol. The molecule has 0 amide bonds. The Labute approximate surface area is 91.7 Å². The topological polar surface area (TPSA) is 12.9 Å². The number of rotatable bonds is 2. The lowest BCUT2D eigenvalue weighted by Gasteiger charge is -2.02. The van der Waals surface area contributed by atoms with Crippen LogP contribution >= 0.6 is 0 Å². The normalized spacial score (nSPS) is 10.1. The molecule has 0 saturated heterocycles. The van der Waals surface area contributed by atoms with Gasteiger partial charge >= 0.3 is 0 Å². The van der Waals surface area contributed by atoms with Gasteiger partial charge in [-0.3, -0.25) is 0 Å². The van der Waals surface area contributed by atoms with Crippen molar-refractivity contribution in [2.75, 3.05) is 0 Å². The molecule has 0 fully saturated rings. The van der Waals surface area contributed by atoms with Crippen molar-refractivity contribution in [2.45, 2.75) is 0 Å². The average molecular weight is 216 g/mol. The van der Waals surface area contributed by atoms with Gasteiger partial charge in [-0.1, -0.05) is 18.7 Å². The minimum Gasteiger partial charge on any atom is -0.246 e. The van der Waals surface area contributed by atoms with Crippen molar-refractivity contribution in [2.24, 2.45) is 0 Å². The summed E-state index contributed by atoms with van der Waals surface area (Å²) in [7, 11) is 0. The van der Waals surface area contributed by atoms with Gasteiger partial charge in [-0.15, -0.1) is 0 Å². The highest BCUT2D eigenvalue weighted by molar-refractivity contribution is 5.84. The van der Waals surface area contributed by atoms with E-state index in [2.05, 4.69) is 17.8 Å². The minimum atomic E-state index is -1.75. The maximum absolute atomic E-state index is 12.1. The molecule has 1 heterocycles. The van der Waals surface area contributed by atoms with Crippen LogP contribution in [0.25, 0.3) is 16.5 Å². The van der Waals surface area contributed by atoms with Crippen LogP contribution in [0.2, 0.25) is 0 Å². The molecule has 0 saturated carbocycles. The molecule has 1 aromatic carbocycles. The summed E-state index contributed by atoms with van der Waals surface area (Å²) in [6, 6.07) is 8.76. The summed E-state index contributed by atoms with van der Waals surface area (Å²) in [5.41, 5.74) is 1.73. The van der Waals surface area contributed by atoms with Gasteiger partial charge in [0.1, 0.15) is 0 Å². The molecular weight excluding hydrogens is 208 g/mol. The first kappa shape index (κ1) is 10.5. The number of benzene rings is 1. The Kier molecular flexibility index (Phi) is 2.77. The number of aromatic nitrogens is 1. The fourth-order valence-electron chi connectivity index (χ4n) is 1.44. The van der Waals surface area contributed by atoms with E-state index in [1.54, 1.807) is 24.3 Å². The Morgan fingerprint density at radius 2 is 2.12 bits per heavy atom. The standard InChI is InChI=1S/C13H8F2N/c1-9(7-13(14)15)10-4-5-12-11(8-10)3-2-6-16-12/h2-5,7-8H,1H2. The SMILES string of the molecule is C=C(C=C(F)F)c1ccc2n[c]ccc2c1. The van der Waals surface area contributed by atoms with Crippen LogP contribution in [0.3, 0.4) is 0 Å². The number of nitrogens with zero attached hydrogens (tertiary/aromatic N) is 1. The smallest absolute Gasteiger partial charge is 0.246 e.